The number of nitrogens with one attached hydrogen (secondary N) is 1. The summed E-state index contributed by atoms with van der Waals surface area (Å²) in [6, 6.07) is 0. The van der Waals surface area contributed by atoms with E-state index in [-0.39, 0.29) is 18.4 Å². The smallest absolute Gasteiger partial charge is 0.248 e. The normalized spacial score (nSPS) is 31.6. The van der Waals surface area contributed by atoms with E-state index in [1.54, 1.807) is 25.9 Å². The Labute approximate surface area is 107 Å². The first kappa shape index (κ1) is 13.3. The molecule has 2 rings (SSSR count). The molecule has 0 spiro atoms. The van der Waals surface area contributed by atoms with Crippen molar-refractivity contribution in [3.63, 3.8) is 0 Å². The number of carbonyl (C=O) groups excluding carboxylic acids is 2. The van der Waals surface area contributed by atoms with Crippen molar-refractivity contribution in [3.05, 3.63) is 0 Å². The van der Waals surface area contributed by atoms with E-state index >= 15 is 0 Å². The number of methoxy groups -OCH3 is 1. The second-order valence-electron chi connectivity index (χ2n) is 5.52. The maximum Gasteiger partial charge on any atom is 0.248 e. The van der Waals surface area contributed by atoms with E-state index in [1.165, 1.54) is 0 Å². The number of hydrogen-bond donors (Lipinski definition) is 1. The van der Waals surface area contributed by atoms with Crippen molar-refractivity contribution in [2.24, 2.45) is 0 Å². The predicted octanol–water partition coefficient (Wildman–Crippen LogP) is -0.471. The van der Waals surface area contributed by atoms with Crippen molar-refractivity contribution in [1.29, 1.82) is 0 Å². The molecule has 0 aromatic carbocycles. The molecule has 18 heavy (non-hydrogen) atoms. The van der Waals surface area contributed by atoms with Crippen molar-refractivity contribution in [3.8, 4) is 0 Å². The predicted molar refractivity (Wildman–Crippen MR) is 64.0 cm³/mol. The summed E-state index contributed by atoms with van der Waals surface area (Å²) in [4.78, 5) is 25.4. The molecule has 1 atom stereocenters. The standard InChI is InChI=1S/C12H20N2O4/c1-11(2)10(16)14(6-9(15)13-11)7-12(17-3)4-5-18-8-12/h4-8H2,1-3H3,(H,13,15). The zero-order chi connectivity index (χ0) is 13.4. The molecule has 0 bridgehead atoms. The molecule has 0 aromatic heterocycles. The lowest BCUT2D eigenvalue weighted by atomic mass is 9.96. The lowest BCUT2D eigenvalue weighted by Gasteiger charge is -2.41. The molecule has 6 heteroatoms. The van der Waals surface area contributed by atoms with E-state index in [2.05, 4.69) is 5.32 Å². The Morgan fingerprint density at radius 1 is 1.44 bits per heavy atom. The fraction of sp³-hybridized carbons (Fsp3) is 0.833. The number of carbonyl (C=O) groups is 2. The lowest BCUT2D eigenvalue weighted by molar-refractivity contribution is -0.152. The van der Waals surface area contributed by atoms with Crippen LogP contribution < -0.4 is 5.32 Å². The molecule has 0 radical (unpaired) electrons. The van der Waals surface area contributed by atoms with E-state index in [1.807, 2.05) is 0 Å². The highest BCUT2D eigenvalue weighted by atomic mass is 16.5. The Kier molecular flexibility index (Phi) is 3.33. The van der Waals surface area contributed by atoms with Gasteiger partial charge >= 0.3 is 0 Å². The van der Waals surface area contributed by atoms with E-state index in [0.717, 1.165) is 6.42 Å². The molecular formula is C12H20N2O4. The first-order valence-corrected chi connectivity index (χ1v) is 6.12. The summed E-state index contributed by atoms with van der Waals surface area (Å²) in [5.41, 5.74) is -1.31. The Morgan fingerprint density at radius 2 is 2.17 bits per heavy atom. The van der Waals surface area contributed by atoms with Crippen molar-refractivity contribution in [2.75, 3.05) is 33.4 Å². The van der Waals surface area contributed by atoms with Gasteiger partial charge in [0.25, 0.3) is 0 Å². The lowest BCUT2D eigenvalue weighted by Crippen LogP contribution is -2.66. The van der Waals surface area contributed by atoms with Gasteiger partial charge in [0.05, 0.1) is 19.7 Å². The van der Waals surface area contributed by atoms with Crippen LogP contribution in [0.3, 0.4) is 0 Å². The molecule has 102 valence electrons. The van der Waals surface area contributed by atoms with Crippen molar-refractivity contribution < 1.29 is 19.1 Å². The first-order valence-electron chi connectivity index (χ1n) is 6.12. The van der Waals surface area contributed by atoms with Gasteiger partial charge in [-0.3, -0.25) is 9.59 Å². The molecular weight excluding hydrogens is 236 g/mol. The van der Waals surface area contributed by atoms with Crippen LogP contribution in [0.15, 0.2) is 0 Å². The molecule has 2 heterocycles. The summed E-state index contributed by atoms with van der Waals surface area (Å²) in [7, 11) is 1.62. The number of amides is 2. The van der Waals surface area contributed by atoms with E-state index in [0.29, 0.717) is 19.8 Å². The summed E-state index contributed by atoms with van der Waals surface area (Å²) < 4.78 is 10.8. The molecule has 2 aliphatic rings. The first-order chi connectivity index (χ1) is 8.38. The summed E-state index contributed by atoms with van der Waals surface area (Å²) in [6.07, 6.45) is 0.745. The van der Waals surface area contributed by atoms with Gasteiger partial charge in [0.15, 0.2) is 0 Å². The largest absolute Gasteiger partial charge is 0.378 e. The number of rotatable bonds is 3. The SMILES string of the molecule is COC1(CN2CC(=O)NC(C)(C)C2=O)CCOC1. The van der Waals surface area contributed by atoms with Crippen LogP contribution in [0.25, 0.3) is 0 Å². The van der Waals surface area contributed by atoms with Crippen molar-refractivity contribution in [2.45, 2.75) is 31.4 Å². The monoisotopic (exact) mass is 256 g/mol. The Morgan fingerprint density at radius 3 is 2.72 bits per heavy atom. The van der Waals surface area contributed by atoms with Crippen LogP contribution in [0.4, 0.5) is 0 Å². The molecule has 0 aliphatic carbocycles. The molecule has 0 saturated carbocycles. The summed E-state index contributed by atoms with van der Waals surface area (Å²) in [5.74, 6) is -0.213. The summed E-state index contributed by atoms with van der Waals surface area (Å²) >= 11 is 0. The van der Waals surface area contributed by atoms with Crippen LogP contribution >= 0.6 is 0 Å². The molecule has 2 amide bonds. The summed E-state index contributed by atoms with van der Waals surface area (Å²) in [6.45, 7) is 5.02. The average molecular weight is 256 g/mol. The highest BCUT2D eigenvalue weighted by Crippen LogP contribution is 2.25. The number of hydrogen-bond acceptors (Lipinski definition) is 4. The Bertz CT molecular complexity index is 361. The molecule has 2 saturated heterocycles. The highest BCUT2D eigenvalue weighted by Gasteiger charge is 2.44. The Balaban J connectivity index is 2.12. The molecule has 0 aromatic rings. The highest BCUT2D eigenvalue weighted by molar-refractivity contribution is 5.97. The van der Waals surface area contributed by atoms with Gasteiger partial charge < -0.3 is 19.7 Å². The molecule has 2 fully saturated rings. The van der Waals surface area contributed by atoms with Gasteiger partial charge in [0, 0.05) is 20.1 Å². The third-order valence-electron chi connectivity index (χ3n) is 3.59. The maximum atomic E-state index is 12.3. The maximum absolute atomic E-state index is 12.3. The topological polar surface area (TPSA) is 67.9 Å². The fourth-order valence-corrected chi connectivity index (χ4v) is 2.50. The molecule has 1 unspecified atom stereocenters. The molecule has 6 nitrogen and oxygen atoms in total. The quantitative estimate of drug-likeness (QED) is 0.741. The zero-order valence-electron chi connectivity index (χ0n) is 11.1. The summed E-state index contributed by atoms with van der Waals surface area (Å²) in [5, 5.41) is 2.69. The van der Waals surface area contributed by atoms with Crippen LogP contribution in [0.1, 0.15) is 20.3 Å². The Hall–Kier alpha value is -1.14. The van der Waals surface area contributed by atoms with Gasteiger partial charge in [0.1, 0.15) is 11.1 Å². The van der Waals surface area contributed by atoms with Crippen molar-refractivity contribution in [1.82, 2.24) is 10.2 Å². The average Bonchev–Trinajstić information content (AvgIpc) is 2.74. The van der Waals surface area contributed by atoms with Gasteiger partial charge in [-0.1, -0.05) is 0 Å². The third-order valence-corrected chi connectivity index (χ3v) is 3.59. The van der Waals surface area contributed by atoms with Gasteiger partial charge in [-0.05, 0) is 13.8 Å². The second kappa shape index (κ2) is 4.51. The van der Waals surface area contributed by atoms with E-state index in [4.69, 9.17) is 9.47 Å². The van der Waals surface area contributed by atoms with Crippen LogP contribution in [0, 0.1) is 0 Å². The minimum Gasteiger partial charge on any atom is -0.378 e. The van der Waals surface area contributed by atoms with Gasteiger partial charge in [-0.15, -0.1) is 0 Å². The van der Waals surface area contributed by atoms with E-state index in [9.17, 15) is 9.59 Å². The number of piperazine rings is 1. The van der Waals surface area contributed by atoms with Crippen LogP contribution in [-0.2, 0) is 19.1 Å². The number of ether oxygens (including phenoxy) is 2. The van der Waals surface area contributed by atoms with Gasteiger partial charge in [-0.2, -0.15) is 0 Å². The second-order valence-corrected chi connectivity index (χ2v) is 5.52. The van der Waals surface area contributed by atoms with E-state index < -0.39 is 11.1 Å². The third kappa shape index (κ3) is 2.35. The zero-order valence-corrected chi connectivity index (χ0v) is 11.1. The molecule has 2 aliphatic heterocycles. The van der Waals surface area contributed by atoms with Crippen molar-refractivity contribution >= 4 is 11.8 Å². The van der Waals surface area contributed by atoms with Crippen LogP contribution in [-0.4, -0.2) is 61.3 Å². The minimum absolute atomic E-state index is 0.0783. The van der Waals surface area contributed by atoms with Gasteiger partial charge in [-0.25, -0.2) is 0 Å². The minimum atomic E-state index is -0.844. The van der Waals surface area contributed by atoms with Crippen LogP contribution in [0.5, 0.6) is 0 Å². The molecule has 1 N–H and O–H groups in total. The van der Waals surface area contributed by atoms with Gasteiger partial charge in [0.2, 0.25) is 11.8 Å². The number of nitrogens with zero attached hydrogens (tertiary/aromatic N) is 1. The fourth-order valence-electron chi connectivity index (χ4n) is 2.50. The van der Waals surface area contributed by atoms with Crippen LogP contribution in [0.2, 0.25) is 0 Å².